The molecule has 0 radical (unpaired) electrons. The van der Waals surface area contributed by atoms with E-state index in [1.165, 1.54) is 36.8 Å². The van der Waals surface area contributed by atoms with Crippen molar-refractivity contribution >= 4 is 0 Å². The summed E-state index contributed by atoms with van der Waals surface area (Å²) in [6.07, 6.45) is 5.26. The molecule has 1 aliphatic carbocycles. The van der Waals surface area contributed by atoms with Crippen molar-refractivity contribution in [2.45, 2.75) is 63.5 Å². The minimum Gasteiger partial charge on any atom is -0.311 e. The monoisotopic (exact) mass is 288 g/mol. The first-order valence-electron chi connectivity index (χ1n) is 8.26. The van der Waals surface area contributed by atoms with Crippen molar-refractivity contribution in [3.8, 4) is 0 Å². The van der Waals surface area contributed by atoms with Crippen LogP contribution >= 0.6 is 0 Å². The van der Waals surface area contributed by atoms with E-state index >= 15 is 0 Å². The molecule has 0 heterocycles. The molecule has 1 atom stereocenters. The number of nitrogens with one attached hydrogen (secondary N) is 1. The van der Waals surface area contributed by atoms with Crippen molar-refractivity contribution in [3.05, 3.63) is 35.4 Å². The average molecular weight is 288 g/mol. The average Bonchev–Trinajstić information content (AvgIpc) is 2.90. The van der Waals surface area contributed by atoms with Crippen LogP contribution in [-0.2, 0) is 5.41 Å². The summed E-state index contributed by atoms with van der Waals surface area (Å²) in [6.45, 7) is 6.82. The normalized spacial score (nSPS) is 20.0. The number of hydrogen-bond donors (Lipinski definition) is 1. The van der Waals surface area contributed by atoms with E-state index in [0.717, 1.165) is 0 Å². The Labute approximate surface area is 130 Å². The quantitative estimate of drug-likeness (QED) is 0.896. The molecule has 0 spiro atoms. The van der Waals surface area contributed by atoms with Gasteiger partial charge in [0, 0.05) is 5.54 Å². The first-order valence-corrected chi connectivity index (χ1v) is 8.26. The molecule has 2 nitrogen and oxygen atoms in total. The number of nitrogens with zero attached hydrogens (tertiary/aromatic N) is 1. The summed E-state index contributed by atoms with van der Waals surface area (Å²) in [5, 5.41) is 3.60. The highest BCUT2D eigenvalue weighted by Crippen LogP contribution is 2.43. The molecule has 1 unspecified atom stereocenters. The summed E-state index contributed by atoms with van der Waals surface area (Å²) < 4.78 is 0. The van der Waals surface area contributed by atoms with Gasteiger partial charge in [-0.05, 0) is 50.5 Å². The van der Waals surface area contributed by atoms with Crippen LogP contribution < -0.4 is 5.32 Å². The van der Waals surface area contributed by atoms with E-state index in [1.54, 1.807) is 0 Å². The predicted octanol–water partition coefficient (Wildman–Crippen LogP) is 4.12. The standard InChI is InChI=1S/C19H32N2/c1-18(2,3)16-11-9-15(10-12-16)17(20-4)19(21(5)6)13-7-8-14-19/h9-12,17,20H,7-8,13-14H2,1-6H3. The van der Waals surface area contributed by atoms with Crippen molar-refractivity contribution in [3.63, 3.8) is 0 Å². The Morgan fingerprint density at radius 1 is 1.05 bits per heavy atom. The lowest BCUT2D eigenvalue weighted by Gasteiger charge is -2.43. The van der Waals surface area contributed by atoms with Crippen LogP contribution in [-0.4, -0.2) is 31.6 Å². The second kappa shape index (κ2) is 6.10. The Morgan fingerprint density at radius 2 is 1.57 bits per heavy atom. The van der Waals surface area contributed by atoms with E-state index < -0.39 is 0 Å². The van der Waals surface area contributed by atoms with Gasteiger partial charge in [-0.15, -0.1) is 0 Å². The SMILES string of the molecule is CNC(c1ccc(C(C)(C)C)cc1)C1(N(C)C)CCCC1. The molecule has 1 aromatic rings. The third kappa shape index (κ3) is 3.17. The Hall–Kier alpha value is -0.860. The number of hydrogen-bond acceptors (Lipinski definition) is 2. The van der Waals surface area contributed by atoms with Gasteiger partial charge >= 0.3 is 0 Å². The molecular weight excluding hydrogens is 256 g/mol. The van der Waals surface area contributed by atoms with Gasteiger partial charge in [0.2, 0.25) is 0 Å². The van der Waals surface area contributed by atoms with Gasteiger partial charge in [-0.3, -0.25) is 0 Å². The fraction of sp³-hybridized carbons (Fsp3) is 0.684. The van der Waals surface area contributed by atoms with Gasteiger partial charge in [-0.1, -0.05) is 57.9 Å². The Kier molecular flexibility index (Phi) is 4.79. The highest BCUT2D eigenvalue weighted by Gasteiger charge is 2.43. The molecular formula is C19H32N2. The van der Waals surface area contributed by atoms with Crippen molar-refractivity contribution in [1.82, 2.24) is 10.2 Å². The molecule has 1 aliphatic rings. The summed E-state index contributed by atoms with van der Waals surface area (Å²) >= 11 is 0. The van der Waals surface area contributed by atoms with Gasteiger partial charge in [-0.2, -0.15) is 0 Å². The Morgan fingerprint density at radius 3 is 1.95 bits per heavy atom. The molecule has 0 aromatic heterocycles. The minimum absolute atomic E-state index is 0.222. The van der Waals surface area contributed by atoms with E-state index in [4.69, 9.17) is 0 Å². The van der Waals surface area contributed by atoms with Gasteiger partial charge in [-0.25, -0.2) is 0 Å². The third-order valence-electron chi connectivity index (χ3n) is 5.30. The van der Waals surface area contributed by atoms with Crippen LogP contribution in [0.25, 0.3) is 0 Å². The molecule has 1 aromatic carbocycles. The Balaban J connectivity index is 2.33. The van der Waals surface area contributed by atoms with Crippen LogP contribution in [0.1, 0.15) is 63.6 Å². The molecule has 2 heteroatoms. The minimum atomic E-state index is 0.222. The van der Waals surface area contributed by atoms with Crippen LogP contribution in [0.4, 0.5) is 0 Å². The molecule has 1 saturated carbocycles. The smallest absolute Gasteiger partial charge is 0.0504 e. The zero-order valence-corrected chi connectivity index (χ0v) is 14.7. The molecule has 1 N–H and O–H groups in total. The third-order valence-corrected chi connectivity index (χ3v) is 5.30. The van der Waals surface area contributed by atoms with Crippen LogP contribution in [0.3, 0.4) is 0 Å². The van der Waals surface area contributed by atoms with Crippen LogP contribution in [0, 0.1) is 0 Å². The van der Waals surface area contributed by atoms with Crippen LogP contribution in [0.15, 0.2) is 24.3 Å². The molecule has 0 aliphatic heterocycles. The van der Waals surface area contributed by atoms with Crippen LogP contribution in [0.2, 0.25) is 0 Å². The molecule has 1 fully saturated rings. The van der Waals surface area contributed by atoms with E-state index in [-0.39, 0.29) is 11.0 Å². The van der Waals surface area contributed by atoms with Gasteiger partial charge < -0.3 is 10.2 Å². The zero-order chi connectivity index (χ0) is 15.7. The molecule has 2 rings (SSSR count). The first-order chi connectivity index (χ1) is 9.81. The molecule has 0 saturated heterocycles. The number of likely N-dealkylation sites (N-methyl/N-ethyl adjacent to an activating group) is 2. The first kappa shape index (κ1) is 16.5. The van der Waals surface area contributed by atoms with Gasteiger partial charge in [0.1, 0.15) is 0 Å². The largest absolute Gasteiger partial charge is 0.311 e. The number of rotatable bonds is 4. The van der Waals surface area contributed by atoms with Gasteiger partial charge in [0.25, 0.3) is 0 Å². The Bertz CT molecular complexity index is 447. The second-order valence-electron chi connectivity index (χ2n) is 7.80. The highest BCUT2D eigenvalue weighted by molar-refractivity contribution is 5.31. The molecule has 0 amide bonds. The second-order valence-corrected chi connectivity index (χ2v) is 7.80. The fourth-order valence-corrected chi connectivity index (χ4v) is 3.90. The van der Waals surface area contributed by atoms with Crippen molar-refractivity contribution < 1.29 is 0 Å². The lowest BCUT2D eigenvalue weighted by atomic mass is 9.80. The summed E-state index contributed by atoms with van der Waals surface area (Å²) in [7, 11) is 6.57. The van der Waals surface area contributed by atoms with Crippen LogP contribution in [0.5, 0.6) is 0 Å². The van der Waals surface area contributed by atoms with Crippen molar-refractivity contribution in [2.24, 2.45) is 0 Å². The van der Waals surface area contributed by atoms with Gasteiger partial charge in [0.15, 0.2) is 0 Å². The van der Waals surface area contributed by atoms with E-state index in [0.29, 0.717) is 6.04 Å². The number of benzene rings is 1. The van der Waals surface area contributed by atoms with E-state index in [9.17, 15) is 0 Å². The van der Waals surface area contributed by atoms with Gasteiger partial charge in [0.05, 0.1) is 6.04 Å². The molecule has 0 bridgehead atoms. The maximum atomic E-state index is 3.60. The van der Waals surface area contributed by atoms with E-state index in [1.807, 2.05) is 0 Å². The summed E-state index contributed by atoms with van der Waals surface area (Å²) in [6, 6.07) is 9.66. The maximum absolute atomic E-state index is 3.60. The summed E-state index contributed by atoms with van der Waals surface area (Å²) in [4.78, 5) is 2.44. The fourth-order valence-electron chi connectivity index (χ4n) is 3.90. The summed E-state index contributed by atoms with van der Waals surface area (Å²) in [5.74, 6) is 0. The maximum Gasteiger partial charge on any atom is 0.0504 e. The zero-order valence-electron chi connectivity index (χ0n) is 14.7. The summed E-state index contributed by atoms with van der Waals surface area (Å²) in [5.41, 5.74) is 3.31. The van der Waals surface area contributed by atoms with Crippen molar-refractivity contribution in [1.29, 1.82) is 0 Å². The predicted molar refractivity (Wildman–Crippen MR) is 91.8 cm³/mol. The molecule has 118 valence electrons. The van der Waals surface area contributed by atoms with E-state index in [2.05, 4.69) is 76.4 Å². The lowest BCUT2D eigenvalue weighted by Crippen LogP contribution is -2.51. The molecule has 21 heavy (non-hydrogen) atoms. The van der Waals surface area contributed by atoms with Crippen molar-refractivity contribution in [2.75, 3.05) is 21.1 Å². The highest BCUT2D eigenvalue weighted by atomic mass is 15.2. The topological polar surface area (TPSA) is 15.3 Å². The lowest BCUT2D eigenvalue weighted by molar-refractivity contribution is 0.108.